The number of hydrogen-bond donors (Lipinski definition) is 0. The molecule has 2 heterocycles. The number of hydrogen-bond acceptors (Lipinski definition) is 5. The summed E-state index contributed by atoms with van der Waals surface area (Å²) in [6.45, 7) is 5.85. The summed E-state index contributed by atoms with van der Waals surface area (Å²) in [5.41, 5.74) is 6.23. The third-order valence-corrected chi connectivity index (χ3v) is 6.72. The van der Waals surface area contributed by atoms with Gasteiger partial charge in [0.1, 0.15) is 5.75 Å². The van der Waals surface area contributed by atoms with Crippen molar-refractivity contribution in [2.45, 2.75) is 26.1 Å². The van der Waals surface area contributed by atoms with Crippen LogP contribution in [-0.2, 0) is 4.74 Å². The number of anilines is 1. The smallest absolute Gasteiger partial charge is 0.137 e. The number of rotatable bonds is 4. The van der Waals surface area contributed by atoms with Crippen LogP contribution in [0.15, 0.2) is 66.9 Å². The van der Waals surface area contributed by atoms with Gasteiger partial charge in [0.15, 0.2) is 0 Å². The number of pyridine rings is 1. The standard InChI is InChI=1S/C29H26ClN3O2/c1-18-16-33(17-19(2)35-18)22-11-12-24(27(30)13-22)26-15-32-28-23(5-4-6-25(28)29(26)34-3)21-9-7-20(14-31)8-10-21/h4-13,15,18-19H,16-17H2,1-3H3/t18-,19+. The van der Waals surface area contributed by atoms with E-state index in [1.807, 2.05) is 60.8 Å². The van der Waals surface area contributed by atoms with Crippen LogP contribution in [0.5, 0.6) is 5.75 Å². The molecule has 1 aliphatic heterocycles. The lowest BCUT2D eigenvalue weighted by Crippen LogP contribution is -2.45. The van der Waals surface area contributed by atoms with Crippen LogP contribution < -0.4 is 9.64 Å². The van der Waals surface area contributed by atoms with Crippen molar-refractivity contribution < 1.29 is 9.47 Å². The summed E-state index contributed by atoms with van der Waals surface area (Å²) in [5.74, 6) is 0.730. The zero-order valence-corrected chi connectivity index (χ0v) is 20.7. The van der Waals surface area contributed by atoms with Crippen LogP contribution in [0.25, 0.3) is 33.2 Å². The largest absolute Gasteiger partial charge is 0.495 e. The van der Waals surface area contributed by atoms with Crippen molar-refractivity contribution in [3.8, 4) is 34.1 Å². The molecule has 0 radical (unpaired) electrons. The normalized spacial score (nSPS) is 17.9. The van der Waals surface area contributed by atoms with Gasteiger partial charge in [-0.25, -0.2) is 0 Å². The number of halogens is 1. The highest BCUT2D eigenvalue weighted by Gasteiger charge is 2.23. The molecule has 0 saturated carbocycles. The van der Waals surface area contributed by atoms with Crippen LogP contribution in [0.4, 0.5) is 5.69 Å². The number of methoxy groups -OCH3 is 1. The summed E-state index contributed by atoms with van der Waals surface area (Å²) in [6, 6.07) is 21.9. The van der Waals surface area contributed by atoms with Gasteiger partial charge in [0.25, 0.3) is 0 Å². The third kappa shape index (κ3) is 4.43. The molecule has 3 aromatic carbocycles. The summed E-state index contributed by atoms with van der Waals surface area (Å²) in [5, 5.41) is 10.7. The fraction of sp³-hybridized carbons (Fsp3) is 0.241. The van der Waals surface area contributed by atoms with Gasteiger partial charge in [0, 0.05) is 47.1 Å². The Kier molecular flexibility index (Phi) is 6.34. The van der Waals surface area contributed by atoms with Crippen molar-refractivity contribution in [1.29, 1.82) is 5.26 Å². The molecule has 1 aromatic heterocycles. The Balaban J connectivity index is 1.56. The molecule has 2 atom stereocenters. The molecule has 6 heteroatoms. The van der Waals surface area contributed by atoms with Crippen LogP contribution in [0.2, 0.25) is 5.02 Å². The van der Waals surface area contributed by atoms with E-state index < -0.39 is 0 Å². The quantitative estimate of drug-likeness (QED) is 0.322. The molecule has 1 fully saturated rings. The minimum absolute atomic E-state index is 0.173. The van der Waals surface area contributed by atoms with E-state index in [-0.39, 0.29) is 12.2 Å². The van der Waals surface area contributed by atoms with Crippen LogP contribution in [0.1, 0.15) is 19.4 Å². The van der Waals surface area contributed by atoms with E-state index in [2.05, 4.69) is 30.9 Å². The van der Waals surface area contributed by atoms with E-state index in [0.717, 1.165) is 57.7 Å². The SMILES string of the molecule is COc1c(-c2ccc(N3C[C@@H](C)O[C@@H](C)C3)cc2Cl)cnc2c(-c3ccc(C#N)cc3)cccc12. The molecule has 1 saturated heterocycles. The highest BCUT2D eigenvalue weighted by molar-refractivity contribution is 6.33. The fourth-order valence-corrected chi connectivity index (χ4v) is 5.15. The van der Waals surface area contributed by atoms with E-state index >= 15 is 0 Å². The molecule has 1 aliphatic rings. The first kappa shape index (κ1) is 23.2. The number of fused-ring (bicyclic) bond motifs is 1. The van der Waals surface area contributed by atoms with Gasteiger partial charge < -0.3 is 14.4 Å². The summed E-state index contributed by atoms with van der Waals surface area (Å²) < 4.78 is 11.8. The van der Waals surface area contributed by atoms with Gasteiger partial charge >= 0.3 is 0 Å². The van der Waals surface area contributed by atoms with Gasteiger partial charge in [-0.1, -0.05) is 41.9 Å². The van der Waals surface area contributed by atoms with Gasteiger partial charge in [-0.05, 0) is 49.7 Å². The van der Waals surface area contributed by atoms with Crippen LogP contribution in [0.3, 0.4) is 0 Å². The molecular weight excluding hydrogens is 458 g/mol. The zero-order chi connectivity index (χ0) is 24.5. The Morgan fingerprint density at radius 3 is 2.40 bits per heavy atom. The summed E-state index contributed by atoms with van der Waals surface area (Å²) in [4.78, 5) is 7.14. The minimum atomic E-state index is 0.173. The average molecular weight is 484 g/mol. The molecule has 35 heavy (non-hydrogen) atoms. The van der Waals surface area contributed by atoms with Crippen LogP contribution in [-0.4, -0.2) is 37.4 Å². The second-order valence-corrected chi connectivity index (χ2v) is 9.33. The molecule has 0 unspecified atom stereocenters. The van der Waals surface area contributed by atoms with Crippen molar-refractivity contribution in [3.63, 3.8) is 0 Å². The monoisotopic (exact) mass is 483 g/mol. The third-order valence-electron chi connectivity index (χ3n) is 6.40. The molecule has 0 N–H and O–H groups in total. The van der Waals surface area contributed by atoms with Crippen molar-refractivity contribution in [3.05, 3.63) is 77.4 Å². The van der Waals surface area contributed by atoms with E-state index in [0.29, 0.717) is 10.6 Å². The van der Waals surface area contributed by atoms with E-state index in [4.69, 9.17) is 31.3 Å². The van der Waals surface area contributed by atoms with E-state index in [9.17, 15) is 0 Å². The molecule has 0 amide bonds. The van der Waals surface area contributed by atoms with Crippen molar-refractivity contribution in [2.24, 2.45) is 0 Å². The minimum Gasteiger partial charge on any atom is -0.495 e. The maximum Gasteiger partial charge on any atom is 0.137 e. The summed E-state index contributed by atoms with van der Waals surface area (Å²) in [6.07, 6.45) is 2.17. The number of aromatic nitrogens is 1. The predicted molar refractivity (Wildman–Crippen MR) is 141 cm³/mol. The Morgan fingerprint density at radius 1 is 1.00 bits per heavy atom. The number of para-hydroxylation sites is 1. The lowest BCUT2D eigenvalue weighted by molar-refractivity contribution is -0.00521. The van der Waals surface area contributed by atoms with Gasteiger partial charge in [-0.3, -0.25) is 4.98 Å². The summed E-state index contributed by atoms with van der Waals surface area (Å²) in [7, 11) is 1.67. The average Bonchev–Trinajstić information content (AvgIpc) is 2.87. The van der Waals surface area contributed by atoms with Crippen molar-refractivity contribution >= 4 is 28.2 Å². The molecule has 0 aliphatic carbocycles. The van der Waals surface area contributed by atoms with Gasteiger partial charge in [0.05, 0.1) is 41.5 Å². The predicted octanol–water partition coefficient (Wildman–Crippen LogP) is 6.72. The molecule has 5 rings (SSSR count). The Bertz CT molecular complexity index is 1420. The molecule has 176 valence electrons. The molecule has 0 bridgehead atoms. The van der Waals surface area contributed by atoms with Crippen LogP contribution in [0, 0.1) is 11.3 Å². The number of morpholine rings is 1. The van der Waals surface area contributed by atoms with Crippen LogP contribution >= 0.6 is 11.6 Å². The highest BCUT2D eigenvalue weighted by atomic mass is 35.5. The lowest BCUT2D eigenvalue weighted by Gasteiger charge is -2.37. The zero-order valence-electron chi connectivity index (χ0n) is 20.0. The molecule has 4 aromatic rings. The van der Waals surface area contributed by atoms with Gasteiger partial charge in [-0.2, -0.15) is 5.26 Å². The Labute approximate surface area is 210 Å². The molecule has 0 spiro atoms. The number of ether oxygens (including phenoxy) is 2. The second kappa shape index (κ2) is 9.58. The Hall–Kier alpha value is -3.59. The first-order valence-corrected chi connectivity index (χ1v) is 12.0. The number of benzene rings is 3. The van der Waals surface area contributed by atoms with Crippen molar-refractivity contribution in [1.82, 2.24) is 4.98 Å². The Morgan fingerprint density at radius 2 is 1.74 bits per heavy atom. The topological polar surface area (TPSA) is 58.4 Å². The maximum absolute atomic E-state index is 9.12. The highest BCUT2D eigenvalue weighted by Crippen LogP contribution is 2.42. The van der Waals surface area contributed by atoms with Gasteiger partial charge in [0.2, 0.25) is 0 Å². The first-order valence-electron chi connectivity index (χ1n) is 11.6. The molecule has 5 nitrogen and oxygen atoms in total. The second-order valence-electron chi connectivity index (χ2n) is 8.92. The number of nitrogens with zero attached hydrogens (tertiary/aromatic N) is 3. The number of nitriles is 1. The summed E-state index contributed by atoms with van der Waals surface area (Å²) >= 11 is 6.82. The van der Waals surface area contributed by atoms with Crippen molar-refractivity contribution in [2.75, 3.05) is 25.1 Å². The van der Waals surface area contributed by atoms with E-state index in [1.54, 1.807) is 7.11 Å². The van der Waals surface area contributed by atoms with Gasteiger partial charge in [-0.15, -0.1) is 0 Å². The fourth-order valence-electron chi connectivity index (χ4n) is 4.88. The first-order chi connectivity index (χ1) is 17.0. The molecular formula is C29H26ClN3O2. The van der Waals surface area contributed by atoms with E-state index in [1.165, 1.54) is 0 Å². The lowest BCUT2D eigenvalue weighted by atomic mass is 9.98. The maximum atomic E-state index is 9.12.